The molecule has 2 aromatic carbocycles. The second-order valence-corrected chi connectivity index (χ2v) is 9.78. The first kappa shape index (κ1) is 17.1. The van der Waals surface area contributed by atoms with E-state index in [2.05, 4.69) is 12.1 Å². The monoisotopic (exact) mass is 334 g/mol. The van der Waals surface area contributed by atoms with Gasteiger partial charge in [-0.1, -0.05) is 48.0 Å². The van der Waals surface area contributed by atoms with Crippen molar-refractivity contribution in [3.05, 3.63) is 65.7 Å². The molecule has 0 radical (unpaired) electrons. The van der Waals surface area contributed by atoms with Gasteiger partial charge in [0.25, 0.3) is 0 Å². The van der Waals surface area contributed by atoms with Crippen LogP contribution < -0.4 is 0 Å². The van der Waals surface area contributed by atoms with Crippen molar-refractivity contribution in [2.75, 3.05) is 5.75 Å². The van der Waals surface area contributed by atoms with Crippen LogP contribution in [0.4, 0.5) is 0 Å². The van der Waals surface area contributed by atoms with Crippen molar-refractivity contribution in [1.29, 1.82) is 0 Å². The lowest BCUT2D eigenvalue weighted by Gasteiger charge is -2.24. The Morgan fingerprint density at radius 2 is 1.55 bits per heavy atom. The lowest BCUT2D eigenvalue weighted by atomic mass is 10.2. The van der Waals surface area contributed by atoms with Crippen LogP contribution in [0.15, 0.2) is 59.5 Å². The van der Waals surface area contributed by atoms with Crippen molar-refractivity contribution in [2.45, 2.75) is 36.2 Å². The molecule has 22 heavy (non-hydrogen) atoms. The molecule has 4 heteroatoms. The van der Waals surface area contributed by atoms with Crippen LogP contribution >= 0.6 is 11.8 Å². The lowest BCUT2D eigenvalue weighted by Crippen LogP contribution is -2.27. The molecule has 0 amide bonds. The molecule has 2 nitrogen and oxygen atoms in total. The third kappa shape index (κ3) is 4.89. The number of hydrogen-bond acceptors (Lipinski definition) is 3. The highest BCUT2D eigenvalue weighted by Crippen LogP contribution is 2.31. The van der Waals surface area contributed by atoms with E-state index in [0.29, 0.717) is 4.90 Å². The van der Waals surface area contributed by atoms with Gasteiger partial charge in [0, 0.05) is 10.5 Å². The SMILES string of the molecule is Cc1ccc(S(=O)(=O)CC(C)(C)SCc2ccccc2)cc1. The van der Waals surface area contributed by atoms with Gasteiger partial charge in [0.05, 0.1) is 10.6 Å². The van der Waals surface area contributed by atoms with Crippen LogP contribution in [0.1, 0.15) is 25.0 Å². The van der Waals surface area contributed by atoms with Crippen LogP contribution in [0.5, 0.6) is 0 Å². The minimum Gasteiger partial charge on any atom is -0.224 e. The normalized spacial score (nSPS) is 12.3. The van der Waals surface area contributed by atoms with Gasteiger partial charge in [-0.25, -0.2) is 8.42 Å². The highest BCUT2D eigenvalue weighted by Gasteiger charge is 2.28. The van der Waals surface area contributed by atoms with E-state index in [-0.39, 0.29) is 10.5 Å². The minimum atomic E-state index is -3.26. The Morgan fingerprint density at radius 1 is 0.955 bits per heavy atom. The smallest absolute Gasteiger partial charge is 0.179 e. The summed E-state index contributed by atoms with van der Waals surface area (Å²) in [5, 5.41) is 0. The van der Waals surface area contributed by atoms with Gasteiger partial charge >= 0.3 is 0 Å². The molecule has 0 atom stereocenters. The summed E-state index contributed by atoms with van der Waals surface area (Å²) in [6.07, 6.45) is 0. The summed E-state index contributed by atoms with van der Waals surface area (Å²) in [5.74, 6) is 0.956. The first-order valence-electron chi connectivity index (χ1n) is 7.26. The largest absolute Gasteiger partial charge is 0.224 e. The molecular weight excluding hydrogens is 312 g/mol. The van der Waals surface area contributed by atoms with Crippen molar-refractivity contribution in [3.8, 4) is 0 Å². The van der Waals surface area contributed by atoms with Gasteiger partial charge in [-0.15, -0.1) is 11.8 Å². The topological polar surface area (TPSA) is 34.1 Å². The first-order valence-corrected chi connectivity index (χ1v) is 9.90. The average Bonchev–Trinajstić information content (AvgIpc) is 2.46. The van der Waals surface area contributed by atoms with Crippen molar-refractivity contribution >= 4 is 21.6 Å². The Labute approximate surface area is 137 Å². The highest BCUT2D eigenvalue weighted by atomic mass is 32.2. The molecule has 2 aromatic rings. The maximum atomic E-state index is 12.6. The summed E-state index contributed by atoms with van der Waals surface area (Å²) in [6, 6.07) is 17.2. The van der Waals surface area contributed by atoms with Crippen molar-refractivity contribution < 1.29 is 8.42 Å². The van der Waals surface area contributed by atoms with Crippen LogP contribution in [-0.4, -0.2) is 18.9 Å². The third-order valence-electron chi connectivity index (χ3n) is 3.39. The summed E-state index contributed by atoms with van der Waals surface area (Å²) >= 11 is 1.68. The fourth-order valence-corrected chi connectivity index (χ4v) is 5.36. The zero-order valence-corrected chi connectivity index (χ0v) is 14.9. The molecule has 0 saturated carbocycles. The van der Waals surface area contributed by atoms with E-state index in [0.717, 1.165) is 11.3 Å². The molecule has 0 aliphatic rings. The zero-order chi connectivity index (χ0) is 16.2. The second-order valence-electron chi connectivity index (χ2n) is 6.11. The number of sulfone groups is 1. The van der Waals surface area contributed by atoms with Crippen molar-refractivity contribution in [3.63, 3.8) is 0 Å². The molecule has 0 heterocycles. The Hall–Kier alpha value is -1.26. The standard InChI is InChI=1S/C18H22O2S2/c1-15-9-11-17(12-10-15)22(19,20)14-18(2,3)21-13-16-7-5-4-6-8-16/h4-12H,13-14H2,1-3H3. The molecule has 0 unspecified atom stereocenters. The predicted molar refractivity (Wildman–Crippen MR) is 95.0 cm³/mol. The predicted octanol–water partition coefficient (Wildman–Crippen LogP) is 4.48. The van der Waals surface area contributed by atoms with Gasteiger partial charge in [0.2, 0.25) is 0 Å². The Bertz CT molecular complexity index is 703. The van der Waals surface area contributed by atoms with Gasteiger partial charge in [-0.05, 0) is 38.5 Å². The molecule has 0 aromatic heterocycles. The molecule has 0 aliphatic carbocycles. The number of hydrogen-bond donors (Lipinski definition) is 0. The summed E-state index contributed by atoms with van der Waals surface area (Å²) in [5.41, 5.74) is 2.28. The summed E-state index contributed by atoms with van der Waals surface area (Å²) in [7, 11) is -3.26. The van der Waals surface area contributed by atoms with E-state index < -0.39 is 9.84 Å². The van der Waals surface area contributed by atoms with Crippen LogP contribution in [-0.2, 0) is 15.6 Å². The quantitative estimate of drug-likeness (QED) is 0.781. The van der Waals surface area contributed by atoms with Crippen LogP contribution in [0, 0.1) is 6.92 Å². The zero-order valence-electron chi connectivity index (χ0n) is 13.2. The maximum Gasteiger partial charge on any atom is 0.179 e. The maximum absolute atomic E-state index is 12.6. The molecule has 0 N–H and O–H groups in total. The summed E-state index contributed by atoms with van der Waals surface area (Å²) in [4.78, 5) is 0.409. The second kappa shape index (κ2) is 6.88. The van der Waals surface area contributed by atoms with Crippen LogP contribution in [0.25, 0.3) is 0 Å². The van der Waals surface area contributed by atoms with E-state index in [9.17, 15) is 8.42 Å². The minimum absolute atomic E-state index is 0.139. The van der Waals surface area contributed by atoms with Gasteiger partial charge in [-0.3, -0.25) is 0 Å². The third-order valence-corrected chi connectivity index (χ3v) is 7.07. The Kier molecular flexibility index (Phi) is 5.35. The highest BCUT2D eigenvalue weighted by molar-refractivity contribution is 8.01. The van der Waals surface area contributed by atoms with E-state index in [1.54, 1.807) is 23.9 Å². The van der Waals surface area contributed by atoms with Gasteiger partial charge in [0.1, 0.15) is 0 Å². The Morgan fingerprint density at radius 3 is 2.14 bits per heavy atom. The lowest BCUT2D eigenvalue weighted by molar-refractivity contribution is 0.588. The van der Waals surface area contributed by atoms with E-state index >= 15 is 0 Å². The van der Waals surface area contributed by atoms with Crippen molar-refractivity contribution in [2.24, 2.45) is 0 Å². The van der Waals surface area contributed by atoms with Gasteiger partial charge in [-0.2, -0.15) is 0 Å². The average molecular weight is 335 g/mol. The molecule has 0 saturated heterocycles. The molecular formula is C18H22O2S2. The molecule has 118 valence electrons. The van der Waals surface area contributed by atoms with Crippen molar-refractivity contribution in [1.82, 2.24) is 0 Å². The fraction of sp³-hybridized carbons (Fsp3) is 0.333. The van der Waals surface area contributed by atoms with Crippen LogP contribution in [0.3, 0.4) is 0 Å². The number of thioether (sulfide) groups is 1. The molecule has 0 aliphatic heterocycles. The Balaban J connectivity index is 2.05. The molecule has 0 fully saturated rings. The van der Waals surface area contributed by atoms with E-state index in [1.165, 1.54) is 5.56 Å². The number of aryl methyl sites for hydroxylation is 1. The van der Waals surface area contributed by atoms with Gasteiger partial charge in [0.15, 0.2) is 9.84 Å². The molecule has 2 rings (SSSR count). The first-order chi connectivity index (χ1) is 10.3. The summed E-state index contributed by atoms with van der Waals surface area (Å²) in [6.45, 7) is 5.94. The van der Waals surface area contributed by atoms with Crippen LogP contribution in [0.2, 0.25) is 0 Å². The number of rotatable bonds is 6. The van der Waals surface area contributed by atoms with Gasteiger partial charge < -0.3 is 0 Å². The van der Waals surface area contributed by atoms with E-state index in [1.807, 2.05) is 51.1 Å². The fourth-order valence-electron chi connectivity index (χ4n) is 2.18. The summed E-state index contributed by atoms with van der Waals surface area (Å²) < 4.78 is 24.8. The molecule has 0 bridgehead atoms. The number of benzene rings is 2. The van der Waals surface area contributed by atoms with E-state index in [4.69, 9.17) is 0 Å². The molecule has 0 spiro atoms.